The SMILES string of the molecule is Cc1ccc(S(=O)(=O)CCC(=O)NCCNC(=O)c2ccc(F)cc2)cc1. The van der Waals surface area contributed by atoms with Gasteiger partial charge in [0, 0.05) is 25.1 Å². The predicted octanol–water partition coefficient (Wildman–Crippen LogP) is 1.84. The zero-order valence-electron chi connectivity index (χ0n) is 14.9. The normalized spacial score (nSPS) is 11.0. The fourth-order valence-electron chi connectivity index (χ4n) is 2.26. The molecule has 0 saturated carbocycles. The summed E-state index contributed by atoms with van der Waals surface area (Å²) in [5.74, 6) is -1.52. The molecule has 144 valence electrons. The topological polar surface area (TPSA) is 92.3 Å². The number of rotatable bonds is 8. The number of amides is 2. The van der Waals surface area contributed by atoms with E-state index < -0.39 is 21.6 Å². The van der Waals surface area contributed by atoms with Crippen LogP contribution in [0.5, 0.6) is 0 Å². The van der Waals surface area contributed by atoms with E-state index in [0.29, 0.717) is 5.56 Å². The summed E-state index contributed by atoms with van der Waals surface area (Å²) in [4.78, 5) is 23.8. The third kappa shape index (κ3) is 6.49. The van der Waals surface area contributed by atoms with E-state index in [0.717, 1.165) is 5.56 Å². The Labute approximate surface area is 157 Å². The van der Waals surface area contributed by atoms with Crippen LogP contribution in [0.15, 0.2) is 53.4 Å². The monoisotopic (exact) mass is 392 g/mol. The lowest BCUT2D eigenvalue weighted by Gasteiger charge is -2.08. The lowest BCUT2D eigenvalue weighted by atomic mass is 10.2. The molecule has 8 heteroatoms. The van der Waals surface area contributed by atoms with Gasteiger partial charge in [-0.15, -0.1) is 0 Å². The maximum Gasteiger partial charge on any atom is 0.251 e. The van der Waals surface area contributed by atoms with Gasteiger partial charge in [-0.3, -0.25) is 9.59 Å². The fraction of sp³-hybridized carbons (Fsp3) is 0.263. The molecule has 27 heavy (non-hydrogen) atoms. The molecule has 0 heterocycles. The van der Waals surface area contributed by atoms with E-state index in [9.17, 15) is 22.4 Å². The number of carbonyl (C=O) groups is 2. The first-order chi connectivity index (χ1) is 12.8. The first kappa shape index (κ1) is 20.6. The average Bonchev–Trinajstić information content (AvgIpc) is 2.64. The summed E-state index contributed by atoms with van der Waals surface area (Å²) in [5, 5.41) is 5.14. The van der Waals surface area contributed by atoms with Crippen LogP contribution in [0.4, 0.5) is 4.39 Å². The van der Waals surface area contributed by atoms with Crippen LogP contribution in [-0.4, -0.2) is 39.1 Å². The second-order valence-electron chi connectivity index (χ2n) is 5.99. The molecule has 0 aromatic heterocycles. The molecule has 0 unspecified atom stereocenters. The first-order valence-corrected chi connectivity index (χ1v) is 10.0. The molecule has 0 saturated heterocycles. The van der Waals surface area contributed by atoms with Gasteiger partial charge in [0.2, 0.25) is 5.91 Å². The van der Waals surface area contributed by atoms with Crippen molar-refractivity contribution in [3.8, 4) is 0 Å². The number of sulfone groups is 1. The highest BCUT2D eigenvalue weighted by molar-refractivity contribution is 7.91. The van der Waals surface area contributed by atoms with Crippen LogP contribution < -0.4 is 10.6 Å². The van der Waals surface area contributed by atoms with Crippen LogP contribution in [-0.2, 0) is 14.6 Å². The van der Waals surface area contributed by atoms with Crippen molar-refractivity contribution in [2.45, 2.75) is 18.2 Å². The van der Waals surface area contributed by atoms with Crippen LogP contribution in [0.1, 0.15) is 22.3 Å². The molecule has 2 rings (SSSR count). The van der Waals surface area contributed by atoms with Gasteiger partial charge in [-0.1, -0.05) is 17.7 Å². The van der Waals surface area contributed by atoms with Crippen LogP contribution in [0.25, 0.3) is 0 Å². The Bertz CT molecular complexity index is 894. The lowest BCUT2D eigenvalue weighted by molar-refractivity contribution is -0.120. The molecule has 6 nitrogen and oxygen atoms in total. The Kier molecular flexibility index (Phi) is 7.06. The number of nitrogens with one attached hydrogen (secondary N) is 2. The quantitative estimate of drug-likeness (QED) is 0.671. The molecule has 0 atom stereocenters. The highest BCUT2D eigenvalue weighted by Crippen LogP contribution is 2.12. The molecule has 0 bridgehead atoms. The molecule has 0 spiro atoms. The molecule has 0 radical (unpaired) electrons. The van der Waals surface area contributed by atoms with Gasteiger partial charge in [-0.05, 0) is 43.3 Å². The van der Waals surface area contributed by atoms with Gasteiger partial charge < -0.3 is 10.6 Å². The van der Waals surface area contributed by atoms with Crippen molar-refractivity contribution < 1.29 is 22.4 Å². The third-order valence-electron chi connectivity index (χ3n) is 3.82. The van der Waals surface area contributed by atoms with Crippen molar-refractivity contribution in [1.82, 2.24) is 10.6 Å². The molecular weight excluding hydrogens is 371 g/mol. The van der Waals surface area contributed by atoms with Gasteiger partial charge in [0.05, 0.1) is 10.6 Å². The summed E-state index contributed by atoms with van der Waals surface area (Å²) in [6.07, 6.45) is -0.165. The van der Waals surface area contributed by atoms with Gasteiger partial charge in [0.1, 0.15) is 5.82 Å². The number of hydrogen-bond acceptors (Lipinski definition) is 4. The molecule has 0 aliphatic carbocycles. The van der Waals surface area contributed by atoms with Crippen molar-refractivity contribution in [2.75, 3.05) is 18.8 Å². The van der Waals surface area contributed by atoms with Crippen LogP contribution in [0, 0.1) is 12.7 Å². The molecular formula is C19H21FN2O4S. The maximum atomic E-state index is 12.8. The number of benzene rings is 2. The van der Waals surface area contributed by atoms with E-state index in [1.54, 1.807) is 12.1 Å². The first-order valence-electron chi connectivity index (χ1n) is 8.38. The highest BCUT2D eigenvalue weighted by Gasteiger charge is 2.16. The number of aryl methyl sites for hydroxylation is 1. The molecule has 2 amide bonds. The fourth-order valence-corrected chi connectivity index (χ4v) is 3.50. The summed E-state index contributed by atoms with van der Waals surface area (Å²) in [6, 6.07) is 11.5. The summed E-state index contributed by atoms with van der Waals surface area (Å²) in [7, 11) is -3.52. The standard InChI is InChI=1S/C19H21FN2O4S/c1-14-2-8-17(9-3-14)27(25,26)13-10-18(23)21-11-12-22-19(24)15-4-6-16(20)7-5-15/h2-9H,10-13H2,1H3,(H,21,23)(H,22,24). The minimum atomic E-state index is -3.52. The molecule has 2 aromatic carbocycles. The van der Waals surface area contributed by atoms with Crippen LogP contribution in [0.3, 0.4) is 0 Å². The molecule has 0 aliphatic rings. The summed E-state index contributed by atoms with van der Waals surface area (Å²) in [6.45, 7) is 2.20. The molecule has 0 aliphatic heterocycles. The second kappa shape index (κ2) is 9.27. The minimum Gasteiger partial charge on any atom is -0.354 e. The lowest BCUT2D eigenvalue weighted by Crippen LogP contribution is -2.35. The highest BCUT2D eigenvalue weighted by atomic mass is 32.2. The zero-order chi connectivity index (χ0) is 19.9. The molecule has 2 N–H and O–H groups in total. The zero-order valence-corrected chi connectivity index (χ0v) is 15.7. The van der Waals surface area contributed by atoms with E-state index in [1.165, 1.54) is 36.4 Å². The predicted molar refractivity (Wildman–Crippen MR) is 99.6 cm³/mol. The van der Waals surface area contributed by atoms with E-state index >= 15 is 0 Å². The Hall–Kier alpha value is -2.74. The van der Waals surface area contributed by atoms with Gasteiger partial charge in [-0.2, -0.15) is 0 Å². The number of hydrogen-bond donors (Lipinski definition) is 2. The van der Waals surface area contributed by atoms with E-state index in [2.05, 4.69) is 10.6 Å². The molecule has 0 fully saturated rings. The van der Waals surface area contributed by atoms with Crippen molar-refractivity contribution in [3.63, 3.8) is 0 Å². The average molecular weight is 392 g/mol. The Balaban J connectivity index is 1.71. The van der Waals surface area contributed by atoms with Crippen molar-refractivity contribution in [3.05, 3.63) is 65.5 Å². The van der Waals surface area contributed by atoms with E-state index in [-0.39, 0.29) is 36.1 Å². The van der Waals surface area contributed by atoms with Gasteiger partial charge in [-0.25, -0.2) is 12.8 Å². The number of carbonyl (C=O) groups excluding carboxylic acids is 2. The number of halogens is 1. The van der Waals surface area contributed by atoms with Crippen LogP contribution in [0.2, 0.25) is 0 Å². The van der Waals surface area contributed by atoms with Gasteiger partial charge in [0.15, 0.2) is 9.84 Å². The van der Waals surface area contributed by atoms with E-state index in [4.69, 9.17) is 0 Å². The molecule has 2 aromatic rings. The third-order valence-corrected chi connectivity index (χ3v) is 5.55. The Morgan fingerprint density at radius 3 is 2.15 bits per heavy atom. The summed E-state index contributed by atoms with van der Waals surface area (Å²) >= 11 is 0. The summed E-state index contributed by atoms with van der Waals surface area (Å²) in [5.41, 5.74) is 1.27. The second-order valence-corrected chi connectivity index (χ2v) is 8.10. The van der Waals surface area contributed by atoms with Crippen molar-refractivity contribution >= 4 is 21.7 Å². The minimum absolute atomic E-state index is 0.163. The largest absolute Gasteiger partial charge is 0.354 e. The maximum absolute atomic E-state index is 12.8. The summed E-state index contributed by atoms with van der Waals surface area (Å²) < 4.78 is 37.2. The van der Waals surface area contributed by atoms with Gasteiger partial charge in [0.25, 0.3) is 5.91 Å². The smallest absolute Gasteiger partial charge is 0.251 e. The van der Waals surface area contributed by atoms with Gasteiger partial charge >= 0.3 is 0 Å². The van der Waals surface area contributed by atoms with Crippen LogP contribution >= 0.6 is 0 Å². The van der Waals surface area contributed by atoms with E-state index in [1.807, 2.05) is 6.92 Å². The van der Waals surface area contributed by atoms with Crippen molar-refractivity contribution in [1.29, 1.82) is 0 Å². The Morgan fingerprint density at radius 1 is 0.926 bits per heavy atom. The van der Waals surface area contributed by atoms with Crippen molar-refractivity contribution in [2.24, 2.45) is 0 Å². The Morgan fingerprint density at radius 2 is 1.52 bits per heavy atom.